The average molecular weight is 252 g/mol. The minimum atomic E-state index is 0.201. The highest BCUT2D eigenvalue weighted by Gasteiger charge is 2.33. The summed E-state index contributed by atoms with van der Waals surface area (Å²) in [5.74, 6) is 1.89. The number of hydrogen-bond donors (Lipinski definition) is 1. The van der Waals surface area contributed by atoms with Crippen LogP contribution in [-0.2, 0) is 4.79 Å². The van der Waals surface area contributed by atoms with Crippen LogP contribution in [0.15, 0.2) is 0 Å². The molecule has 18 heavy (non-hydrogen) atoms. The monoisotopic (exact) mass is 252 g/mol. The Labute approximate surface area is 111 Å². The molecule has 1 saturated heterocycles. The predicted octanol–water partition coefficient (Wildman–Crippen LogP) is 2.40. The normalized spacial score (nSPS) is 37.6. The third-order valence-corrected chi connectivity index (χ3v) is 5.02. The van der Waals surface area contributed by atoms with Crippen molar-refractivity contribution in [1.82, 2.24) is 4.90 Å². The Morgan fingerprint density at radius 2 is 2.11 bits per heavy atom. The first-order chi connectivity index (χ1) is 8.61. The van der Waals surface area contributed by atoms with Crippen molar-refractivity contribution in [2.24, 2.45) is 23.5 Å². The van der Waals surface area contributed by atoms with Crippen molar-refractivity contribution in [3.63, 3.8) is 0 Å². The van der Waals surface area contributed by atoms with Gasteiger partial charge in [0.1, 0.15) is 0 Å². The molecule has 4 atom stereocenters. The van der Waals surface area contributed by atoms with E-state index in [0.29, 0.717) is 11.8 Å². The first-order valence-corrected chi connectivity index (χ1v) is 7.66. The van der Waals surface area contributed by atoms with E-state index in [0.717, 1.165) is 38.3 Å². The molecular weight excluding hydrogens is 224 g/mol. The lowest BCUT2D eigenvalue weighted by Crippen LogP contribution is -2.46. The first-order valence-electron chi connectivity index (χ1n) is 7.66. The molecule has 1 saturated carbocycles. The van der Waals surface area contributed by atoms with E-state index in [4.69, 9.17) is 5.73 Å². The van der Waals surface area contributed by atoms with Crippen molar-refractivity contribution >= 4 is 5.91 Å². The average Bonchev–Trinajstić information content (AvgIpc) is 2.41. The molecular formula is C15H28N2O. The molecule has 1 aliphatic carbocycles. The van der Waals surface area contributed by atoms with Gasteiger partial charge < -0.3 is 10.6 Å². The molecule has 3 heteroatoms. The van der Waals surface area contributed by atoms with E-state index >= 15 is 0 Å². The van der Waals surface area contributed by atoms with E-state index < -0.39 is 0 Å². The van der Waals surface area contributed by atoms with E-state index in [9.17, 15) is 4.79 Å². The Morgan fingerprint density at radius 1 is 1.33 bits per heavy atom. The zero-order chi connectivity index (χ0) is 13.1. The maximum Gasteiger partial charge on any atom is 0.225 e. The summed E-state index contributed by atoms with van der Waals surface area (Å²) in [4.78, 5) is 14.7. The van der Waals surface area contributed by atoms with Crippen LogP contribution in [0, 0.1) is 17.8 Å². The first kappa shape index (κ1) is 13.9. The molecule has 1 aliphatic heterocycles. The fourth-order valence-electron chi connectivity index (χ4n) is 3.44. The van der Waals surface area contributed by atoms with Gasteiger partial charge in [0, 0.05) is 25.0 Å². The third-order valence-electron chi connectivity index (χ3n) is 5.02. The van der Waals surface area contributed by atoms with Gasteiger partial charge in [-0.1, -0.05) is 20.3 Å². The standard InChI is InChI=1S/C15H28N2O/c1-3-12-5-4-8-17(10-12)15(18)13-7-6-11(2)14(16)9-13/h11-14H,3-10,16H2,1-2H3. The number of likely N-dealkylation sites (tertiary alicyclic amines) is 1. The Hall–Kier alpha value is -0.570. The van der Waals surface area contributed by atoms with Crippen LogP contribution in [0.5, 0.6) is 0 Å². The highest BCUT2D eigenvalue weighted by molar-refractivity contribution is 5.79. The van der Waals surface area contributed by atoms with Crippen LogP contribution in [0.3, 0.4) is 0 Å². The van der Waals surface area contributed by atoms with Crippen LogP contribution in [0.1, 0.15) is 52.4 Å². The van der Waals surface area contributed by atoms with Crippen LogP contribution in [0.25, 0.3) is 0 Å². The summed E-state index contributed by atoms with van der Waals surface area (Å²) in [7, 11) is 0. The minimum absolute atomic E-state index is 0.201. The van der Waals surface area contributed by atoms with Gasteiger partial charge in [0.25, 0.3) is 0 Å². The number of rotatable bonds is 2. The van der Waals surface area contributed by atoms with Gasteiger partial charge in [0.2, 0.25) is 5.91 Å². The van der Waals surface area contributed by atoms with Crippen LogP contribution in [0.2, 0.25) is 0 Å². The van der Waals surface area contributed by atoms with E-state index in [2.05, 4.69) is 18.7 Å². The summed E-state index contributed by atoms with van der Waals surface area (Å²) >= 11 is 0. The van der Waals surface area contributed by atoms with Gasteiger partial charge in [-0.15, -0.1) is 0 Å². The van der Waals surface area contributed by atoms with Crippen LogP contribution in [-0.4, -0.2) is 29.9 Å². The molecule has 3 nitrogen and oxygen atoms in total. The third kappa shape index (κ3) is 3.05. The number of carbonyl (C=O) groups is 1. The van der Waals surface area contributed by atoms with Crippen molar-refractivity contribution in [1.29, 1.82) is 0 Å². The van der Waals surface area contributed by atoms with Crippen molar-refractivity contribution in [3.05, 3.63) is 0 Å². The zero-order valence-corrected chi connectivity index (χ0v) is 11.9. The molecule has 0 spiro atoms. The predicted molar refractivity (Wildman–Crippen MR) is 74.1 cm³/mol. The molecule has 0 aromatic rings. The van der Waals surface area contributed by atoms with Crippen LogP contribution < -0.4 is 5.73 Å². The van der Waals surface area contributed by atoms with Crippen LogP contribution in [0.4, 0.5) is 0 Å². The zero-order valence-electron chi connectivity index (χ0n) is 11.9. The summed E-state index contributed by atoms with van der Waals surface area (Å²) in [5, 5.41) is 0. The van der Waals surface area contributed by atoms with Crippen molar-refractivity contribution in [3.8, 4) is 0 Å². The van der Waals surface area contributed by atoms with Gasteiger partial charge in [-0.2, -0.15) is 0 Å². The summed E-state index contributed by atoms with van der Waals surface area (Å²) in [6.45, 7) is 6.39. The van der Waals surface area contributed by atoms with Crippen molar-refractivity contribution < 1.29 is 4.79 Å². The molecule has 2 aliphatic rings. The molecule has 0 aromatic carbocycles. The summed E-state index contributed by atoms with van der Waals surface area (Å²) in [6, 6.07) is 0.222. The maximum atomic E-state index is 12.5. The van der Waals surface area contributed by atoms with Gasteiger partial charge in [-0.3, -0.25) is 4.79 Å². The molecule has 2 N–H and O–H groups in total. The minimum Gasteiger partial charge on any atom is -0.342 e. The Bertz CT molecular complexity index is 284. The van der Waals surface area contributed by atoms with Gasteiger partial charge >= 0.3 is 0 Å². The highest BCUT2D eigenvalue weighted by Crippen LogP contribution is 2.30. The van der Waals surface area contributed by atoms with Gasteiger partial charge in [-0.05, 0) is 43.9 Å². The van der Waals surface area contributed by atoms with Crippen molar-refractivity contribution in [2.75, 3.05) is 13.1 Å². The Morgan fingerprint density at radius 3 is 2.78 bits per heavy atom. The van der Waals surface area contributed by atoms with E-state index in [1.165, 1.54) is 19.3 Å². The van der Waals surface area contributed by atoms with E-state index in [1.54, 1.807) is 0 Å². The van der Waals surface area contributed by atoms with Gasteiger partial charge in [0.15, 0.2) is 0 Å². The number of hydrogen-bond acceptors (Lipinski definition) is 2. The van der Waals surface area contributed by atoms with Crippen molar-refractivity contribution in [2.45, 2.75) is 58.4 Å². The number of nitrogens with zero attached hydrogens (tertiary/aromatic N) is 1. The maximum absolute atomic E-state index is 12.5. The van der Waals surface area contributed by atoms with E-state index in [-0.39, 0.29) is 12.0 Å². The quantitative estimate of drug-likeness (QED) is 0.820. The molecule has 1 heterocycles. The van der Waals surface area contributed by atoms with E-state index in [1.807, 2.05) is 0 Å². The fraction of sp³-hybridized carbons (Fsp3) is 0.933. The Kier molecular flexibility index (Phi) is 4.66. The number of carbonyl (C=O) groups excluding carboxylic acids is 1. The second kappa shape index (κ2) is 6.05. The lowest BCUT2D eigenvalue weighted by Gasteiger charge is -2.38. The largest absolute Gasteiger partial charge is 0.342 e. The second-order valence-corrected chi connectivity index (χ2v) is 6.35. The second-order valence-electron chi connectivity index (χ2n) is 6.35. The number of piperidine rings is 1. The molecule has 2 fully saturated rings. The summed E-state index contributed by atoms with van der Waals surface area (Å²) < 4.78 is 0. The molecule has 104 valence electrons. The smallest absolute Gasteiger partial charge is 0.225 e. The topological polar surface area (TPSA) is 46.3 Å². The molecule has 0 bridgehead atoms. The van der Waals surface area contributed by atoms with Gasteiger partial charge in [0.05, 0.1) is 0 Å². The van der Waals surface area contributed by atoms with Gasteiger partial charge in [-0.25, -0.2) is 0 Å². The molecule has 0 radical (unpaired) electrons. The molecule has 2 rings (SSSR count). The molecule has 1 amide bonds. The molecule has 0 aromatic heterocycles. The summed E-state index contributed by atoms with van der Waals surface area (Å²) in [6.07, 6.45) is 6.73. The Balaban J connectivity index is 1.90. The SMILES string of the molecule is CCC1CCCN(C(=O)C2CCC(C)C(N)C2)C1. The lowest BCUT2D eigenvalue weighted by atomic mass is 9.78. The number of nitrogens with two attached hydrogens (primary N) is 1. The molecule has 4 unspecified atom stereocenters. The highest BCUT2D eigenvalue weighted by atomic mass is 16.2. The van der Waals surface area contributed by atoms with Crippen LogP contribution >= 0.6 is 0 Å². The fourth-order valence-corrected chi connectivity index (χ4v) is 3.44. The lowest BCUT2D eigenvalue weighted by molar-refractivity contribution is -0.138. The number of amides is 1. The summed E-state index contributed by atoms with van der Waals surface area (Å²) in [5.41, 5.74) is 6.12.